The molecule has 88 valence electrons. The lowest BCUT2D eigenvalue weighted by Gasteiger charge is -2.02. The number of nitrogen functional groups attached to an aromatic ring is 1. The van der Waals surface area contributed by atoms with Crippen molar-refractivity contribution in [3.8, 4) is 0 Å². The van der Waals surface area contributed by atoms with Gasteiger partial charge >= 0.3 is 0 Å². The topological polar surface area (TPSA) is 43.1 Å². The van der Waals surface area contributed by atoms with Crippen molar-refractivity contribution < 1.29 is 4.79 Å². The number of carbonyl (C=O) groups is 1. The minimum atomic E-state index is 0.223. The second kappa shape index (κ2) is 5.15. The summed E-state index contributed by atoms with van der Waals surface area (Å²) in [4.78, 5) is 13.1. The molecule has 0 aliphatic heterocycles. The fraction of sp³-hybridized carbons (Fsp3) is 0.214. The van der Waals surface area contributed by atoms with E-state index in [2.05, 4.69) is 0 Å². The number of rotatable bonds is 4. The van der Waals surface area contributed by atoms with Gasteiger partial charge in [-0.2, -0.15) is 0 Å². The Hall–Kier alpha value is -1.61. The SMILES string of the molecule is Cc1sccc1C(=O)CCc1ccc(N)cc1. The molecule has 0 saturated carbocycles. The number of thiophene rings is 1. The van der Waals surface area contributed by atoms with Gasteiger partial charge in [-0.15, -0.1) is 11.3 Å². The van der Waals surface area contributed by atoms with Gasteiger partial charge in [-0.05, 0) is 42.5 Å². The summed E-state index contributed by atoms with van der Waals surface area (Å²) in [6.07, 6.45) is 1.33. The van der Waals surface area contributed by atoms with Gasteiger partial charge < -0.3 is 5.73 Å². The Morgan fingerprint density at radius 2 is 1.94 bits per heavy atom. The van der Waals surface area contributed by atoms with Crippen molar-refractivity contribution in [2.24, 2.45) is 0 Å². The molecule has 0 spiro atoms. The molecule has 0 fully saturated rings. The molecule has 2 N–H and O–H groups in total. The molecule has 0 aliphatic rings. The van der Waals surface area contributed by atoms with E-state index in [1.165, 1.54) is 0 Å². The summed E-state index contributed by atoms with van der Waals surface area (Å²) in [6.45, 7) is 1.99. The first-order chi connectivity index (χ1) is 8.16. The first-order valence-electron chi connectivity index (χ1n) is 5.58. The quantitative estimate of drug-likeness (QED) is 0.662. The van der Waals surface area contributed by atoms with Crippen LogP contribution in [0.3, 0.4) is 0 Å². The summed E-state index contributed by atoms with van der Waals surface area (Å²) in [5.41, 5.74) is 8.39. The number of ketones is 1. The fourth-order valence-electron chi connectivity index (χ4n) is 1.75. The van der Waals surface area contributed by atoms with Gasteiger partial charge in [-0.25, -0.2) is 0 Å². The lowest BCUT2D eigenvalue weighted by molar-refractivity contribution is 0.0983. The van der Waals surface area contributed by atoms with Crippen LogP contribution in [0, 0.1) is 6.92 Å². The maximum Gasteiger partial charge on any atom is 0.164 e. The second-order valence-corrected chi connectivity index (χ2v) is 5.18. The third kappa shape index (κ3) is 2.94. The monoisotopic (exact) mass is 245 g/mol. The highest BCUT2D eigenvalue weighted by molar-refractivity contribution is 7.10. The van der Waals surface area contributed by atoms with Crippen LogP contribution in [-0.4, -0.2) is 5.78 Å². The largest absolute Gasteiger partial charge is 0.399 e. The minimum absolute atomic E-state index is 0.223. The average Bonchev–Trinajstić information content (AvgIpc) is 2.74. The Kier molecular flexibility index (Phi) is 3.59. The molecule has 1 aromatic carbocycles. The summed E-state index contributed by atoms with van der Waals surface area (Å²) in [6, 6.07) is 9.60. The van der Waals surface area contributed by atoms with Crippen LogP contribution in [0.4, 0.5) is 5.69 Å². The van der Waals surface area contributed by atoms with Crippen LogP contribution in [0.25, 0.3) is 0 Å². The van der Waals surface area contributed by atoms with Crippen molar-refractivity contribution in [2.45, 2.75) is 19.8 Å². The number of hydrogen-bond acceptors (Lipinski definition) is 3. The van der Waals surface area contributed by atoms with E-state index < -0.39 is 0 Å². The van der Waals surface area contributed by atoms with Crippen molar-refractivity contribution >= 4 is 22.8 Å². The highest BCUT2D eigenvalue weighted by Crippen LogP contribution is 2.18. The van der Waals surface area contributed by atoms with Gasteiger partial charge in [-0.1, -0.05) is 12.1 Å². The normalized spacial score (nSPS) is 10.4. The number of nitrogens with two attached hydrogens (primary N) is 1. The average molecular weight is 245 g/mol. The summed E-state index contributed by atoms with van der Waals surface area (Å²) in [5.74, 6) is 0.223. The van der Waals surface area contributed by atoms with E-state index >= 15 is 0 Å². The van der Waals surface area contributed by atoms with Crippen molar-refractivity contribution in [3.05, 3.63) is 51.7 Å². The van der Waals surface area contributed by atoms with Gasteiger partial charge in [-0.3, -0.25) is 4.79 Å². The van der Waals surface area contributed by atoms with Crippen molar-refractivity contribution in [2.75, 3.05) is 5.73 Å². The molecular weight excluding hydrogens is 230 g/mol. The van der Waals surface area contributed by atoms with Gasteiger partial charge in [0.1, 0.15) is 0 Å². The van der Waals surface area contributed by atoms with E-state index in [4.69, 9.17) is 5.73 Å². The molecule has 0 amide bonds. The van der Waals surface area contributed by atoms with E-state index in [0.29, 0.717) is 6.42 Å². The number of benzene rings is 1. The summed E-state index contributed by atoms with van der Waals surface area (Å²) >= 11 is 1.62. The number of carbonyl (C=O) groups excluding carboxylic acids is 1. The molecule has 17 heavy (non-hydrogen) atoms. The molecule has 1 aromatic heterocycles. The van der Waals surface area contributed by atoms with Gasteiger partial charge in [0.15, 0.2) is 5.78 Å². The Labute approximate surface area is 105 Å². The van der Waals surface area contributed by atoms with Gasteiger partial charge in [0.2, 0.25) is 0 Å². The van der Waals surface area contributed by atoms with Crippen LogP contribution in [-0.2, 0) is 6.42 Å². The molecule has 2 aromatic rings. The molecule has 0 aliphatic carbocycles. The molecule has 0 atom stereocenters. The number of anilines is 1. The van der Waals surface area contributed by atoms with E-state index in [9.17, 15) is 4.79 Å². The van der Waals surface area contributed by atoms with Crippen LogP contribution in [0.15, 0.2) is 35.7 Å². The lowest BCUT2D eigenvalue weighted by atomic mass is 10.0. The molecule has 0 unspecified atom stereocenters. The number of aryl methyl sites for hydroxylation is 2. The first kappa shape index (κ1) is 11.9. The lowest BCUT2D eigenvalue weighted by Crippen LogP contribution is -2.01. The first-order valence-corrected chi connectivity index (χ1v) is 6.46. The number of hydrogen-bond donors (Lipinski definition) is 1. The predicted molar refractivity (Wildman–Crippen MR) is 72.6 cm³/mol. The van der Waals surface area contributed by atoms with Gasteiger partial charge in [0.05, 0.1) is 0 Å². The predicted octanol–water partition coefficient (Wildman–Crippen LogP) is 3.45. The highest BCUT2D eigenvalue weighted by atomic mass is 32.1. The van der Waals surface area contributed by atoms with Gasteiger partial charge in [0, 0.05) is 22.5 Å². The third-order valence-corrected chi connectivity index (χ3v) is 3.63. The van der Waals surface area contributed by atoms with Crippen molar-refractivity contribution in [3.63, 3.8) is 0 Å². The van der Waals surface area contributed by atoms with E-state index in [0.717, 1.165) is 28.1 Å². The van der Waals surface area contributed by atoms with Gasteiger partial charge in [0.25, 0.3) is 0 Å². The summed E-state index contributed by atoms with van der Waals surface area (Å²) in [5, 5.41) is 1.96. The maximum atomic E-state index is 11.9. The molecule has 1 heterocycles. The fourth-order valence-corrected chi connectivity index (χ4v) is 2.47. The highest BCUT2D eigenvalue weighted by Gasteiger charge is 2.09. The smallest absolute Gasteiger partial charge is 0.164 e. The molecule has 2 nitrogen and oxygen atoms in total. The van der Waals surface area contributed by atoms with E-state index in [1.807, 2.05) is 42.6 Å². The third-order valence-electron chi connectivity index (χ3n) is 2.78. The van der Waals surface area contributed by atoms with Crippen LogP contribution < -0.4 is 5.73 Å². The van der Waals surface area contributed by atoms with Crippen molar-refractivity contribution in [1.82, 2.24) is 0 Å². The van der Waals surface area contributed by atoms with Crippen LogP contribution in [0.2, 0.25) is 0 Å². The van der Waals surface area contributed by atoms with E-state index in [1.54, 1.807) is 11.3 Å². The van der Waals surface area contributed by atoms with Crippen LogP contribution >= 0.6 is 11.3 Å². The van der Waals surface area contributed by atoms with Crippen LogP contribution in [0.1, 0.15) is 27.2 Å². The second-order valence-electron chi connectivity index (χ2n) is 4.06. The van der Waals surface area contributed by atoms with Crippen molar-refractivity contribution in [1.29, 1.82) is 0 Å². The molecule has 0 saturated heterocycles. The maximum absolute atomic E-state index is 11.9. The molecule has 3 heteroatoms. The molecule has 0 bridgehead atoms. The standard InChI is InChI=1S/C14H15NOS/c1-10-13(8-9-17-10)14(16)7-4-11-2-5-12(15)6-3-11/h2-3,5-6,8-9H,4,7,15H2,1H3. The molecular formula is C14H15NOS. The zero-order valence-corrected chi connectivity index (χ0v) is 10.6. The summed E-state index contributed by atoms with van der Waals surface area (Å²) < 4.78 is 0. The number of Topliss-reactive ketones (excluding diaryl/α,β-unsaturated/α-hetero) is 1. The Morgan fingerprint density at radius 1 is 1.24 bits per heavy atom. The van der Waals surface area contributed by atoms with E-state index in [-0.39, 0.29) is 5.78 Å². The Morgan fingerprint density at radius 3 is 2.53 bits per heavy atom. The molecule has 2 rings (SSSR count). The minimum Gasteiger partial charge on any atom is -0.399 e. The van der Waals surface area contributed by atoms with Crippen LogP contribution in [0.5, 0.6) is 0 Å². The summed E-state index contributed by atoms with van der Waals surface area (Å²) in [7, 11) is 0. The molecule has 0 radical (unpaired) electrons. The zero-order valence-electron chi connectivity index (χ0n) is 9.77. The Bertz CT molecular complexity index is 513. The Balaban J connectivity index is 1.97. The zero-order chi connectivity index (χ0) is 12.3.